The first-order chi connectivity index (χ1) is 7.79. The Morgan fingerprint density at radius 2 is 1.81 bits per heavy atom. The summed E-state index contributed by atoms with van der Waals surface area (Å²) in [6.45, 7) is 2.32. The molecule has 0 saturated heterocycles. The average molecular weight is 235 g/mol. The SMILES string of the molecule is CSc1ccc(NC(C)C2CCCC2)cc1. The highest BCUT2D eigenvalue weighted by Gasteiger charge is 2.21. The van der Waals surface area contributed by atoms with Gasteiger partial charge in [-0.05, 0) is 56.2 Å². The van der Waals surface area contributed by atoms with Crippen molar-refractivity contribution in [1.29, 1.82) is 0 Å². The molecule has 1 aromatic carbocycles. The van der Waals surface area contributed by atoms with E-state index in [1.54, 1.807) is 11.8 Å². The molecule has 1 fully saturated rings. The first-order valence-corrected chi connectivity index (χ1v) is 7.42. The quantitative estimate of drug-likeness (QED) is 0.776. The van der Waals surface area contributed by atoms with Gasteiger partial charge in [-0.1, -0.05) is 12.8 Å². The fourth-order valence-electron chi connectivity index (χ4n) is 2.53. The molecular weight excluding hydrogens is 214 g/mol. The van der Waals surface area contributed by atoms with E-state index in [1.165, 1.54) is 36.3 Å². The molecule has 1 saturated carbocycles. The largest absolute Gasteiger partial charge is 0.382 e. The maximum atomic E-state index is 3.63. The molecule has 0 amide bonds. The predicted octanol–water partition coefficient (Wildman–Crippen LogP) is 4.40. The number of anilines is 1. The van der Waals surface area contributed by atoms with E-state index in [4.69, 9.17) is 0 Å². The van der Waals surface area contributed by atoms with Gasteiger partial charge in [0, 0.05) is 16.6 Å². The number of thioether (sulfide) groups is 1. The van der Waals surface area contributed by atoms with E-state index in [0.29, 0.717) is 6.04 Å². The van der Waals surface area contributed by atoms with Gasteiger partial charge in [-0.15, -0.1) is 11.8 Å². The van der Waals surface area contributed by atoms with Gasteiger partial charge < -0.3 is 5.32 Å². The number of benzene rings is 1. The maximum absolute atomic E-state index is 3.63. The fourth-order valence-corrected chi connectivity index (χ4v) is 2.93. The van der Waals surface area contributed by atoms with E-state index in [9.17, 15) is 0 Å². The molecule has 0 bridgehead atoms. The summed E-state index contributed by atoms with van der Waals surface area (Å²) in [7, 11) is 0. The van der Waals surface area contributed by atoms with Crippen LogP contribution in [0.25, 0.3) is 0 Å². The molecule has 0 aliphatic heterocycles. The summed E-state index contributed by atoms with van der Waals surface area (Å²) in [5.41, 5.74) is 1.26. The van der Waals surface area contributed by atoms with Gasteiger partial charge in [0.1, 0.15) is 0 Å². The number of hydrogen-bond acceptors (Lipinski definition) is 2. The molecular formula is C14H21NS. The van der Waals surface area contributed by atoms with Crippen LogP contribution in [-0.2, 0) is 0 Å². The molecule has 0 aromatic heterocycles. The number of rotatable bonds is 4. The van der Waals surface area contributed by atoms with Crippen LogP contribution < -0.4 is 5.32 Å². The van der Waals surface area contributed by atoms with Crippen LogP contribution >= 0.6 is 11.8 Å². The first kappa shape index (κ1) is 11.8. The van der Waals surface area contributed by atoms with Crippen LogP contribution in [0.15, 0.2) is 29.2 Å². The van der Waals surface area contributed by atoms with Crippen molar-refractivity contribution in [3.05, 3.63) is 24.3 Å². The summed E-state index contributed by atoms with van der Waals surface area (Å²) in [4.78, 5) is 1.33. The van der Waals surface area contributed by atoms with Crippen molar-refractivity contribution in [3.8, 4) is 0 Å². The third-order valence-corrected chi connectivity index (χ3v) is 4.33. The summed E-state index contributed by atoms with van der Waals surface area (Å²) in [6, 6.07) is 9.37. The predicted molar refractivity (Wildman–Crippen MR) is 73.3 cm³/mol. The monoisotopic (exact) mass is 235 g/mol. The Morgan fingerprint density at radius 1 is 1.19 bits per heavy atom. The third-order valence-electron chi connectivity index (χ3n) is 3.59. The van der Waals surface area contributed by atoms with Gasteiger partial charge in [0.05, 0.1) is 0 Å². The van der Waals surface area contributed by atoms with Crippen molar-refractivity contribution >= 4 is 17.4 Å². The van der Waals surface area contributed by atoms with Crippen molar-refractivity contribution in [2.45, 2.75) is 43.5 Å². The number of hydrogen-bond donors (Lipinski definition) is 1. The van der Waals surface area contributed by atoms with Crippen molar-refractivity contribution in [2.75, 3.05) is 11.6 Å². The second-order valence-corrected chi connectivity index (χ2v) is 5.59. The van der Waals surface area contributed by atoms with Gasteiger partial charge in [0.25, 0.3) is 0 Å². The smallest absolute Gasteiger partial charge is 0.0343 e. The lowest BCUT2D eigenvalue weighted by Crippen LogP contribution is -2.23. The van der Waals surface area contributed by atoms with E-state index in [-0.39, 0.29) is 0 Å². The molecule has 1 unspecified atom stereocenters. The highest BCUT2D eigenvalue weighted by atomic mass is 32.2. The molecule has 1 aliphatic carbocycles. The van der Waals surface area contributed by atoms with Gasteiger partial charge in [-0.25, -0.2) is 0 Å². The fraction of sp³-hybridized carbons (Fsp3) is 0.571. The van der Waals surface area contributed by atoms with Gasteiger partial charge in [-0.3, -0.25) is 0 Å². The Balaban J connectivity index is 1.92. The molecule has 1 aliphatic rings. The zero-order chi connectivity index (χ0) is 11.4. The highest BCUT2D eigenvalue weighted by Crippen LogP contribution is 2.29. The lowest BCUT2D eigenvalue weighted by Gasteiger charge is -2.21. The summed E-state index contributed by atoms with van der Waals surface area (Å²) in [5.74, 6) is 0.875. The van der Waals surface area contributed by atoms with Crippen molar-refractivity contribution < 1.29 is 0 Å². The van der Waals surface area contributed by atoms with Crippen LogP contribution in [0.3, 0.4) is 0 Å². The topological polar surface area (TPSA) is 12.0 Å². The molecule has 0 heterocycles. The van der Waals surface area contributed by atoms with Gasteiger partial charge in [-0.2, -0.15) is 0 Å². The van der Waals surface area contributed by atoms with Gasteiger partial charge >= 0.3 is 0 Å². The van der Waals surface area contributed by atoms with Crippen LogP contribution in [0.5, 0.6) is 0 Å². The van der Waals surface area contributed by atoms with Crippen molar-refractivity contribution in [1.82, 2.24) is 0 Å². The Hall–Kier alpha value is -0.630. The van der Waals surface area contributed by atoms with Gasteiger partial charge in [0.2, 0.25) is 0 Å². The Labute approximate surface area is 103 Å². The summed E-state index contributed by atoms with van der Waals surface area (Å²) >= 11 is 1.79. The minimum Gasteiger partial charge on any atom is -0.382 e. The summed E-state index contributed by atoms with van der Waals surface area (Å²) in [6.07, 6.45) is 7.75. The summed E-state index contributed by atoms with van der Waals surface area (Å²) < 4.78 is 0. The molecule has 0 radical (unpaired) electrons. The molecule has 16 heavy (non-hydrogen) atoms. The lowest BCUT2D eigenvalue weighted by molar-refractivity contribution is 0.482. The molecule has 88 valence electrons. The van der Waals surface area contributed by atoms with Crippen molar-refractivity contribution in [2.24, 2.45) is 5.92 Å². The van der Waals surface area contributed by atoms with E-state index >= 15 is 0 Å². The molecule has 2 rings (SSSR count). The second kappa shape index (κ2) is 5.62. The molecule has 1 atom stereocenters. The lowest BCUT2D eigenvalue weighted by atomic mass is 9.99. The van der Waals surface area contributed by atoms with Crippen molar-refractivity contribution in [3.63, 3.8) is 0 Å². The zero-order valence-electron chi connectivity index (χ0n) is 10.2. The van der Waals surface area contributed by atoms with Gasteiger partial charge in [0.15, 0.2) is 0 Å². The molecule has 2 heteroatoms. The first-order valence-electron chi connectivity index (χ1n) is 6.20. The second-order valence-electron chi connectivity index (χ2n) is 4.71. The Morgan fingerprint density at radius 3 is 2.38 bits per heavy atom. The van der Waals surface area contributed by atoms with E-state index in [0.717, 1.165) is 5.92 Å². The minimum atomic E-state index is 0.614. The molecule has 1 nitrogen and oxygen atoms in total. The average Bonchev–Trinajstić information content (AvgIpc) is 2.83. The highest BCUT2D eigenvalue weighted by molar-refractivity contribution is 7.98. The summed E-state index contributed by atoms with van der Waals surface area (Å²) in [5, 5.41) is 3.63. The minimum absolute atomic E-state index is 0.614. The van der Waals surface area contributed by atoms with E-state index in [1.807, 2.05) is 0 Å². The zero-order valence-corrected chi connectivity index (χ0v) is 11.0. The Bertz CT molecular complexity index is 314. The Kier molecular flexibility index (Phi) is 4.16. The molecule has 0 spiro atoms. The van der Waals surface area contributed by atoms with Crippen LogP contribution in [0.4, 0.5) is 5.69 Å². The van der Waals surface area contributed by atoms with Crippen LogP contribution in [0.2, 0.25) is 0 Å². The van der Waals surface area contributed by atoms with Crippen LogP contribution in [0, 0.1) is 5.92 Å². The third kappa shape index (κ3) is 2.94. The van der Waals surface area contributed by atoms with E-state index < -0.39 is 0 Å². The number of nitrogens with one attached hydrogen (secondary N) is 1. The van der Waals surface area contributed by atoms with Crippen LogP contribution in [0.1, 0.15) is 32.6 Å². The molecule has 1 N–H and O–H groups in total. The van der Waals surface area contributed by atoms with E-state index in [2.05, 4.69) is 42.8 Å². The standard InChI is InChI=1S/C14H21NS/c1-11(12-5-3-4-6-12)15-13-7-9-14(16-2)10-8-13/h7-12,15H,3-6H2,1-2H3. The van der Waals surface area contributed by atoms with Crippen LogP contribution in [-0.4, -0.2) is 12.3 Å². The normalized spacial score (nSPS) is 18.6. The maximum Gasteiger partial charge on any atom is 0.0343 e. The molecule has 1 aromatic rings.